The predicted octanol–water partition coefficient (Wildman–Crippen LogP) is 3.28. The van der Waals surface area contributed by atoms with Crippen molar-refractivity contribution in [3.63, 3.8) is 0 Å². The highest BCUT2D eigenvalue weighted by molar-refractivity contribution is 5.30. The lowest BCUT2D eigenvalue weighted by Gasteiger charge is -2.24. The molecule has 1 aromatic carbocycles. The van der Waals surface area contributed by atoms with E-state index in [4.69, 9.17) is 0 Å². The van der Waals surface area contributed by atoms with Crippen molar-refractivity contribution in [3.05, 3.63) is 65.5 Å². The molecule has 0 bridgehead atoms. The molecule has 2 unspecified atom stereocenters. The standard InChI is InChI=1S/C20H26N2O/c1-15-6-2-3-8-19(15)20(17-9-10-17)22-13-16(14-23)12-18-7-4-5-11-21-18/h2-8,11,16-17,20,22-23H,9-10,12-14H2,1H3. The molecule has 2 atom stereocenters. The van der Waals surface area contributed by atoms with E-state index < -0.39 is 0 Å². The number of hydrogen-bond donors (Lipinski definition) is 2. The lowest BCUT2D eigenvalue weighted by Crippen LogP contribution is -2.31. The van der Waals surface area contributed by atoms with Gasteiger partial charge in [-0.15, -0.1) is 0 Å². The minimum absolute atomic E-state index is 0.189. The maximum absolute atomic E-state index is 9.71. The Morgan fingerprint density at radius 3 is 2.61 bits per heavy atom. The van der Waals surface area contributed by atoms with Crippen LogP contribution in [0.5, 0.6) is 0 Å². The van der Waals surface area contributed by atoms with Crippen LogP contribution >= 0.6 is 0 Å². The van der Waals surface area contributed by atoms with E-state index >= 15 is 0 Å². The van der Waals surface area contributed by atoms with Crippen LogP contribution in [0.25, 0.3) is 0 Å². The molecule has 0 aliphatic heterocycles. The van der Waals surface area contributed by atoms with Crippen LogP contribution < -0.4 is 5.32 Å². The molecule has 2 N–H and O–H groups in total. The van der Waals surface area contributed by atoms with E-state index in [1.807, 2.05) is 24.4 Å². The molecule has 2 aromatic rings. The van der Waals surface area contributed by atoms with Gasteiger partial charge in [-0.25, -0.2) is 0 Å². The van der Waals surface area contributed by atoms with Crippen LogP contribution in [0.2, 0.25) is 0 Å². The van der Waals surface area contributed by atoms with E-state index in [-0.39, 0.29) is 12.5 Å². The molecule has 1 aromatic heterocycles. The van der Waals surface area contributed by atoms with Gasteiger partial charge in [0.1, 0.15) is 0 Å². The first-order valence-electron chi connectivity index (χ1n) is 8.57. The first-order valence-corrected chi connectivity index (χ1v) is 8.57. The molecule has 0 spiro atoms. The van der Waals surface area contributed by atoms with Crippen LogP contribution in [0.1, 0.15) is 35.7 Å². The van der Waals surface area contributed by atoms with Crippen molar-refractivity contribution in [2.75, 3.05) is 13.2 Å². The van der Waals surface area contributed by atoms with Crippen LogP contribution in [0.3, 0.4) is 0 Å². The van der Waals surface area contributed by atoms with Crippen molar-refractivity contribution < 1.29 is 5.11 Å². The topological polar surface area (TPSA) is 45.1 Å². The van der Waals surface area contributed by atoms with Gasteiger partial charge in [0.05, 0.1) is 0 Å². The molecule has 0 radical (unpaired) electrons. The van der Waals surface area contributed by atoms with Gasteiger partial charge in [0, 0.05) is 31.1 Å². The molecule has 1 saturated carbocycles. The highest BCUT2D eigenvalue weighted by atomic mass is 16.3. The molecule has 0 amide bonds. The number of nitrogens with zero attached hydrogens (tertiary/aromatic N) is 1. The first kappa shape index (κ1) is 16.2. The second kappa shape index (κ2) is 7.71. The van der Waals surface area contributed by atoms with Crippen molar-refractivity contribution in [2.24, 2.45) is 11.8 Å². The largest absolute Gasteiger partial charge is 0.396 e. The van der Waals surface area contributed by atoms with Gasteiger partial charge in [-0.3, -0.25) is 4.98 Å². The minimum Gasteiger partial charge on any atom is -0.396 e. The summed E-state index contributed by atoms with van der Waals surface area (Å²) in [6, 6.07) is 15.0. The Hall–Kier alpha value is -1.71. The summed E-state index contributed by atoms with van der Waals surface area (Å²) >= 11 is 0. The third kappa shape index (κ3) is 4.40. The second-order valence-corrected chi connectivity index (χ2v) is 6.65. The maximum atomic E-state index is 9.71. The number of aryl methyl sites for hydroxylation is 1. The van der Waals surface area contributed by atoms with Crippen LogP contribution in [0.15, 0.2) is 48.7 Å². The van der Waals surface area contributed by atoms with Crippen LogP contribution in [-0.4, -0.2) is 23.2 Å². The number of hydrogen-bond acceptors (Lipinski definition) is 3. The second-order valence-electron chi connectivity index (χ2n) is 6.65. The lowest BCUT2D eigenvalue weighted by molar-refractivity contribution is 0.215. The van der Waals surface area contributed by atoms with Gasteiger partial charge in [-0.1, -0.05) is 30.3 Å². The van der Waals surface area contributed by atoms with Crippen molar-refractivity contribution >= 4 is 0 Å². The Bertz CT molecular complexity index is 610. The molecular weight excluding hydrogens is 284 g/mol. The van der Waals surface area contributed by atoms with Crippen molar-refractivity contribution in [1.29, 1.82) is 0 Å². The number of aliphatic hydroxyl groups is 1. The number of pyridine rings is 1. The van der Waals surface area contributed by atoms with E-state index in [1.165, 1.54) is 24.0 Å². The van der Waals surface area contributed by atoms with Crippen molar-refractivity contribution in [1.82, 2.24) is 10.3 Å². The Morgan fingerprint density at radius 1 is 1.17 bits per heavy atom. The van der Waals surface area contributed by atoms with E-state index in [0.717, 1.165) is 24.6 Å². The van der Waals surface area contributed by atoms with E-state index in [1.54, 1.807) is 0 Å². The number of aromatic nitrogens is 1. The summed E-state index contributed by atoms with van der Waals surface area (Å²) < 4.78 is 0. The molecule has 3 nitrogen and oxygen atoms in total. The minimum atomic E-state index is 0.189. The number of aliphatic hydroxyl groups excluding tert-OH is 1. The SMILES string of the molecule is Cc1ccccc1C(NCC(CO)Cc1ccccn1)C1CC1. The van der Waals surface area contributed by atoms with Gasteiger partial charge in [0.15, 0.2) is 0 Å². The van der Waals surface area contributed by atoms with Crippen molar-refractivity contribution in [3.8, 4) is 0 Å². The summed E-state index contributed by atoms with van der Waals surface area (Å²) in [5, 5.41) is 13.4. The highest BCUT2D eigenvalue weighted by Crippen LogP contribution is 2.41. The van der Waals surface area contributed by atoms with Gasteiger partial charge >= 0.3 is 0 Å². The summed E-state index contributed by atoms with van der Waals surface area (Å²) in [6.45, 7) is 3.20. The Morgan fingerprint density at radius 2 is 1.96 bits per heavy atom. The molecule has 122 valence electrons. The predicted molar refractivity (Wildman–Crippen MR) is 93.2 cm³/mol. The molecule has 1 fully saturated rings. The third-order valence-corrected chi connectivity index (χ3v) is 4.73. The Balaban J connectivity index is 1.63. The summed E-state index contributed by atoms with van der Waals surface area (Å²) in [5.74, 6) is 0.945. The molecule has 1 aliphatic carbocycles. The molecule has 3 rings (SSSR count). The average Bonchev–Trinajstić information content (AvgIpc) is 3.41. The normalized spacial score (nSPS) is 17.0. The van der Waals surface area contributed by atoms with Gasteiger partial charge in [0.25, 0.3) is 0 Å². The average molecular weight is 310 g/mol. The van der Waals surface area contributed by atoms with E-state index in [0.29, 0.717) is 6.04 Å². The van der Waals surface area contributed by atoms with Gasteiger partial charge in [0.2, 0.25) is 0 Å². The van der Waals surface area contributed by atoms with E-state index in [9.17, 15) is 5.11 Å². The quantitative estimate of drug-likeness (QED) is 0.786. The number of rotatable bonds is 8. The first-order chi connectivity index (χ1) is 11.3. The molecular formula is C20H26N2O. The Labute approximate surface area is 138 Å². The van der Waals surface area contributed by atoms with Crippen LogP contribution in [0, 0.1) is 18.8 Å². The van der Waals surface area contributed by atoms with Crippen LogP contribution in [-0.2, 0) is 6.42 Å². The zero-order chi connectivity index (χ0) is 16.1. The van der Waals surface area contributed by atoms with Crippen molar-refractivity contribution in [2.45, 2.75) is 32.2 Å². The fraction of sp³-hybridized carbons (Fsp3) is 0.450. The molecule has 1 aliphatic rings. The van der Waals surface area contributed by atoms with Gasteiger partial charge < -0.3 is 10.4 Å². The molecule has 0 saturated heterocycles. The van der Waals surface area contributed by atoms with E-state index in [2.05, 4.69) is 41.5 Å². The summed E-state index contributed by atoms with van der Waals surface area (Å²) in [6.07, 6.45) is 5.24. The molecule has 3 heteroatoms. The number of benzene rings is 1. The monoisotopic (exact) mass is 310 g/mol. The zero-order valence-electron chi connectivity index (χ0n) is 13.8. The molecule has 23 heavy (non-hydrogen) atoms. The lowest BCUT2D eigenvalue weighted by atomic mass is 9.96. The number of nitrogens with one attached hydrogen (secondary N) is 1. The molecule has 1 heterocycles. The summed E-state index contributed by atoms with van der Waals surface area (Å²) in [7, 11) is 0. The Kier molecular flexibility index (Phi) is 5.42. The third-order valence-electron chi connectivity index (χ3n) is 4.73. The summed E-state index contributed by atoms with van der Waals surface area (Å²) in [5.41, 5.74) is 3.80. The smallest absolute Gasteiger partial charge is 0.0475 e. The highest BCUT2D eigenvalue weighted by Gasteiger charge is 2.33. The van der Waals surface area contributed by atoms with Crippen LogP contribution in [0.4, 0.5) is 0 Å². The summed E-state index contributed by atoms with van der Waals surface area (Å²) in [4.78, 5) is 4.37. The van der Waals surface area contributed by atoms with Gasteiger partial charge in [-0.05, 0) is 61.3 Å². The zero-order valence-corrected chi connectivity index (χ0v) is 13.8. The fourth-order valence-corrected chi connectivity index (χ4v) is 3.21. The van der Waals surface area contributed by atoms with Gasteiger partial charge in [-0.2, -0.15) is 0 Å². The fourth-order valence-electron chi connectivity index (χ4n) is 3.21. The maximum Gasteiger partial charge on any atom is 0.0475 e.